The Labute approximate surface area is 120 Å². The minimum absolute atomic E-state index is 0.0155. The van der Waals surface area contributed by atoms with Crippen molar-refractivity contribution in [2.75, 3.05) is 18.2 Å². The first-order chi connectivity index (χ1) is 10.0. The van der Waals surface area contributed by atoms with Crippen molar-refractivity contribution in [2.24, 2.45) is 0 Å². The normalized spacial score (nSPS) is 9.95. The Morgan fingerprint density at radius 2 is 2.00 bits per heavy atom. The topological polar surface area (TPSA) is 107 Å². The molecule has 0 aromatic heterocycles. The van der Waals surface area contributed by atoms with Crippen LogP contribution in [0.1, 0.15) is 10.4 Å². The van der Waals surface area contributed by atoms with Gasteiger partial charge in [0.05, 0.1) is 17.7 Å². The van der Waals surface area contributed by atoms with E-state index in [1.165, 1.54) is 25.3 Å². The molecule has 0 saturated heterocycles. The molecule has 0 aliphatic carbocycles. The predicted octanol–water partition coefficient (Wildman–Crippen LogP) is 2.44. The summed E-state index contributed by atoms with van der Waals surface area (Å²) in [6, 6.07) is 10.4. The number of nitrogens with zero attached hydrogens (tertiary/aromatic N) is 1. The molecule has 2 aromatic rings. The predicted molar refractivity (Wildman–Crippen MR) is 78.5 cm³/mol. The maximum absolute atomic E-state index is 12.1. The number of nitrogens with one attached hydrogen (secondary N) is 1. The molecule has 0 spiro atoms. The number of methoxy groups -OCH3 is 1. The highest BCUT2D eigenvalue weighted by molar-refractivity contribution is 6.07. The number of anilines is 2. The molecule has 0 aliphatic rings. The van der Waals surface area contributed by atoms with E-state index in [0.29, 0.717) is 17.1 Å². The maximum Gasteiger partial charge on any atom is 0.282 e. The molecule has 0 bridgehead atoms. The highest BCUT2D eigenvalue weighted by Crippen LogP contribution is 2.26. The SMILES string of the molecule is COc1cc(NC(=O)c2ccccc2[N+](=O)[O-])ccc1N. The number of benzene rings is 2. The van der Waals surface area contributed by atoms with Crippen molar-refractivity contribution in [3.63, 3.8) is 0 Å². The fourth-order valence-corrected chi connectivity index (χ4v) is 1.81. The highest BCUT2D eigenvalue weighted by atomic mass is 16.6. The van der Waals surface area contributed by atoms with Crippen LogP contribution in [0, 0.1) is 10.1 Å². The smallest absolute Gasteiger partial charge is 0.282 e. The van der Waals surface area contributed by atoms with Crippen LogP contribution in [0.5, 0.6) is 5.75 Å². The molecule has 0 saturated carbocycles. The number of amides is 1. The average Bonchev–Trinajstić information content (AvgIpc) is 2.49. The third-order valence-electron chi connectivity index (χ3n) is 2.84. The number of nitro benzene ring substituents is 1. The van der Waals surface area contributed by atoms with Gasteiger partial charge in [0, 0.05) is 17.8 Å². The molecular weight excluding hydrogens is 274 g/mol. The first kappa shape index (κ1) is 14.3. The zero-order valence-corrected chi connectivity index (χ0v) is 11.2. The Hall–Kier alpha value is -3.09. The fourth-order valence-electron chi connectivity index (χ4n) is 1.81. The van der Waals surface area contributed by atoms with Crippen molar-refractivity contribution in [2.45, 2.75) is 0 Å². The molecule has 0 radical (unpaired) electrons. The zero-order valence-electron chi connectivity index (χ0n) is 11.2. The first-order valence-corrected chi connectivity index (χ1v) is 6.01. The van der Waals surface area contributed by atoms with Crippen molar-refractivity contribution in [1.29, 1.82) is 0 Å². The fraction of sp³-hybridized carbons (Fsp3) is 0.0714. The maximum atomic E-state index is 12.1. The standard InChI is InChI=1S/C14H13N3O4/c1-21-13-8-9(6-7-11(13)15)16-14(18)10-4-2-3-5-12(10)17(19)20/h2-8H,15H2,1H3,(H,16,18). The zero-order chi connectivity index (χ0) is 15.4. The molecule has 2 aromatic carbocycles. The summed E-state index contributed by atoms with van der Waals surface area (Å²) in [6.45, 7) is 0. The van der Waals surface area contributed by atoms with Crippen molar-refractivity contribution in [3.05, 3.63) is 58.1 Å². The lowest BCUT2D eigenvalue weighted by molar-refractivity contribution is -0.385. The van der Waals surface area contributed by atoms with Crippen LogP contribution < -0.4 is 15.8 Å². The average molecular weight is 287 g/mol. The molecule has 0 atom stereocenters. The summed E-state index contributed by atoms with van der Waals surface area (Å²) < 4.78 is 5.05. The van der Waals surface area contributed by atoms with Crippen LogP contribution in [0.25, 0.3) is 0 Å². The molecule has 3 N–H and O–H groups in total. The first-order valence-electron chi connectivity index (χ1n) is 6.01. The molecule has 0 fully saturated rings. The number of nitrogens with two attached hydrogens (primary N) is 1. The molecule has 0 aliphatic heterocycles. The lowest BCUT2D eigenvalue weighted by Crippen LogP contribution is -2.14. The molecular formula is C14H13N3O4. The van der Waals surface area contributed by atoms with Gasteiger partial charge in [-0.1, -0.05) is 12.1 Å². The van der Waals surface area contributed by atoms with E-state index in [2.05, 4.69) is 5.32 Å². The van der Waals surface area contributed by atoms with Gasteiger partial charge >= 0.3 is 0 Å². The Morgan fingerprint density at radius 3 is 2.67 bits per heavy atom. The quantitative estimate of drug-likeness (QED) is 0.510. The van der Waals surface area contributed by atoms with Gasteiger partial charge in [0.2, 0.25) is 0 Å². The molecule has 0 heterocycles. The third-order valence-corrected chi connectivity index (χ3v) is 2.84. The van der Waals surface area contributed by atoms with E-state index in [0.717, 1.165) is 0 Å². The number of carbonyl (C=O) groups excluding carboxylic acids is 1. The number of hydrogen-bond acceptors (Lipinski definition) is 5. The van der Waals surface area contributed by atoms with E-state index in [1.807, 2.05) is 0 Å². The van der Waals surface area contributed by atoms with Crippen molar-refractivity contribution in [3.8, 4) is 5.75 Å². The van der Waals surface area contributed by atoms with Crippen LogP contribution in [-0.4, -0.2) is 17.9 Å². The van der Waals surface area contributed by atoms with E-state index < -0.39 is 10.8 Å². The summed E-state index contributed by atoms with van der Waals surface area (Å²) >= 11 is 0. The molecule has 0 unspecified atom stereocenters. The Morgan fingerprint density at radius 1 is 1.29 bits per heavy atom. The second-order valence-electron chi connectivity index (χ2n) is 4.19. The summed E-state index contributed by atoms with van der Waals surface area (Å²) in [5, 5.41) is 13.5. The number of ether oxygens (including phenoxy) is 1. The van der Waals surface area contributed by atoms with Crippen LogP contribution in [0.15, 0.2) is 42.5 Å². The van der Waals surface area contributed by atoms with Gasteiger partial charge in [-0.05, 0) is 18.2 Å². The van der Waals surface area contributed by atoms with E-state index in [-0.39, 0.29) is 11.3 Å². The minimum atomic E-state index is -0.599. The Kier molecular flexibility index (Phi) is 4.03. The molecule has 21 heavy (non-hydrogen) atoms. The van der Waals surface area contributed by atoms with Crippen LogP contribution >= 0.6 is 0 Å². The van der Waals surface area contributed by atoms with Crippen molar-refractivity contribution in [1.82, 2.24) is 0 Å². The highest BCUT2D eigenvalue weighted by Gasteiger charge is 2.19. The van der Waals surface area contributed by atoms with Crippen molar-refractivity contribution >= 4 is 23.0 Å². The van der Waals surface area contributed by atoms with Gasteiger partial charge < -0.3 is 15.8 Å². The summed E-state index contributed by atoms with van der Waals surface area (Å²) in [6.07, 6.45) is 0. The second-order valence-corrected chi connectivity index (χ2v) is 4.19. The van der Waals surface area contributed by atoms with Crippen LogP contribution in [0.3, 0.4) is 0 Å². The van der Waals surface area contributed by atoms with Gasteiger partial charge in [0.25, 0.3) is 11.6 Å². The van der Waals surface area contributed by atoms with Gasteiger partial charge in [0.15, 0.2) is 0 Å². The number of nitrogen functional groups attached to an aromatic ring is 1. The lowest BCUT2D eigenvalue weighted by atomic mass is 10.1. The number of hydrogen-bond donors (Lipinski definition) is 2. The summed E-state index contributed by atoms with van der Waals surface area (Å²) in [4.78, 5) is 22.5. The number of carbonyl (C=O) groups is 1. The van der Waals surface area contributed by atoms with Gasteiger partial charge in [0.1, 0.15) is 11.3 Å². The van der Waals surface area contributed by atoms with Crippen LogP contribution in [0.2, 0.25) is 0 Å². The minimum Gasteiger partial charge on any atom is -0.495 e. The monoisotopic (exact) mass is 287 g/mol. The molecule has 1 amide bonds. The summed E-state index contributed by atoms with van der Waals surface area (Å²) in [5.41, 5.74) is 6.28. The lowest BCUT2D eigenvalue weighted by Gasteiger charge is -2.09. The van der Waals surface area contributed by atoms with Crippen molar-refractivity contribution < 1.29 is 14.5 Å². The Bertz CT molecular complexity index is 700. The van der Waals surface area contributed by atoms with Gasteiger partial charge in [-0.15, -0.1) is 0 Å². The van der Waals surface area contributed by atoms with Gasteiger partial charge in [-0.25, -0.2) is 0 Å². The largest absolute Gasteiger partial charge is 0.495 e. The number of para-hydroxylation sites is 1. The summed E-state index contributed by atoms with van der Waals surface area (Å²) in [5.74, 6) is -0.163. The molecule has 2 rings (SSSR count). The van der Waals surface area contributed by atoms with E-state index in [1.54, 1.807) is 24.3 Å². The van der Waals surface area contributed by atoms with Gasteiger partial charge in [-0.3, -0.25) is 14.9 Å². The van der Waals surface area contributed by atoms with Gasteiger partial charge in [-0.2, -0.15) is 0 Å². The second kappa shape index (κ2) is 5.91. The third kappa shape index (κ3) is 3.08. The number of rotatable bonds is 4. The van der Waals surface area contributed by atoms with Crippen LogP contribution in [0.4, 0.5) is 17.1 Å². The van der Waals surface area contributed by atoms with E-state index >= 15 is 0 Å². The summed E-state index contributed by atoms with van der Waals surface area (Å²) in [7, 11) is 1.46. The molecule has 7 nitrogen and oxygen atoms in total. The van der Waals surface area contributed by atoms with Crippen LogP contribution in [-0.2, 0) is 0 Å². The molecule has 108 valence electrons. The van der Waals surface area contributed by atoms with E-state index in [4.69, 9.17) is 10.5 Å². The Balaban J connectivity index is 2.28. The number of nitro groups is 1. The molecule has 7 heteroatoms. The van der Waals surface area contributed by atoms with E-state index in [9.17, 15) is 14.9 Å².